The number of amides is 12. The number of nitrogens with two attached hydrogens (primary N) is 1. The average molecular weight is 1570 g/mol. The Morgan fingerprint density at radius 2 is 1.39 bits per heavy atom. The van der Waals surface area contributed by atoms with Crippen molar-refractivity contribution >= 4 is 108 Å². The monoisotopic (exact) mass is 1570 g/mol. The van der Waals surface area contributed by atoms with Gasteiger partial charge in [0.1, 0.15) is 41.8 Å². The van der Waals surface area contributed by atoms with E-state index in [1.807, 2.05) is 0 Å². The topological polar surface area (TPSA) is 477 Å². The molecule has 2 fully saturated rings. The van der Waals surface area contributed by atoms with Crippen molar-refractivity contribution in [3.63, 3.8) is 0 Å². The van der Waals surface area contributed by atoms with E-state index < -0.39 is 223 Å². The van der Waals surface area contributed by atoms with Crippen LogP contribution in [0.25, 0.3) is 0 Å². The molecule has 2 heterocycles. The van der Waals surface area contributed by atoms with E-state index in [2.05, 4.69) is 38.5 Å². The first-order chi connectivity index (χ1) is 51.3. The molecule has 0 saturated carbocycles. The molecule has 35 nitrogen and oxygen atoms in total. The molecule has 0 radical (unpaired) electrons. The van der Waals surface area contributed by atoms with E-state index in [1.165, 1.54) is 93.8 Å². The summed E-state index contributed by atoms with van der Waals surface area (Å²) < 4.78 is 48.7. The van der Waals surface area contributed by atoms with Gasteiger partial charge in [-0.15, -0.1) is 0 Å². The number of methoxy groups -OCH3 is 1. The fraction of sp³-hybridized carbons (Fsp3) is 0.595. The Hall–Kier alpha value is -9.83. The van der Waals surface area contributed by atoms with Gasteiger partial charge in [0.2, 0.25) is 47.3 Å². The van der Waals surface area contributed by atoms with Gasteiger partial charge < -0.3 is 81.0 Å². The van der Waals surface area contributed by atoms with E-state index in [4.69, 9.17) is 33.7 Å². The van der Waals surface area contributed by atoms with Gasteiger partial charge in [-0.2, -0.15) is 0 Å². The molecule has 36 heteroatoms. The summed E-state index contributed by atoms with van der Waals surface area (Å²) in [5.74, 6) is -18.7. The van der Waals surface area contributed by atoms with Crippen molar-refractivity contribution in [2.24, 2.45) is 41.2 Å². The Morgan fingerprint density at radius 1 is 0.764 bits per heavy atom. The van der Waals surface area contributed by atoms with E-state index in [0.29, 0.717) is 5.56 Å². The Kier molecular flexibility index (Phi) is 35.7. The third-order valence-electron chi connectivity index (χ3n) is 18.8. The normalized spacial score (nSPS) is 22.6. The van der Waals surface area contributed by atoms with Gasteiger partial charge >= 0.3 is 31.8 Å². The van der Waals surface area contributed by atoms with Crippen molar-refractivity contribution < 1.29 is 114 Å². The van der Waals surface area contributed by atoms with Crippen LogP contribution in [0.4, 0.5) is 10.5 Å². The molecule has 4 rings (SSSR count). The lowest BCUT2D eigenvalue weighted by Crippen LogP contribution is -2.63. The van der Waals surface area contributed by atoms with Gasteiger partial charge in [-0.25, -0.2) is 18.9 Å². The summed E-state index contributed by atoms with van der Waals surface area (Å²) in [5.41, 5.74) is 5.63. The standard InChI is InChI=1S/C74H108N11O24P/c1-38(2)58(80-56(89)30-32-85-57(90)33-41(7)67(85)94)54(88)36-51(25-22-31-76-74(75)101)66(93)79-52-28-26-50(27-29-52)37-105-110(102,103)109-62(39(3)4)53(34-42(8)86)71(98)108-63(40(5)6)60-70(97)84(17)61(47(13)104-18)73(100)106-46(12)59(78-48(14)87)72(99)107-55(35-49-23-20-19-21-24-49)69(96)83(16)44(10)64(91)77-43(9)68(95)82(15)45(11)65(92)81-60/h19-21,23-24,26-29,38-41,43,45-47,51,53,55,58-63H,10,22,25,30-37H2,1-9,11-18H3,(H,77,91)(H,78,87)(H,79,93)(H,80,89)(H,81,92)(H,102,103)(H3,75,76,101)/t41?,43-,45-,46+,47+,51+,53-,55+,58-,59-,60-,61-,62+,63+/m0/s1. The van der Waals surface area contributed by atoms with E-state index in [9.17, 15) is 76.6 Å². The van der Waals surface area contributed by atoms with Gasteiger partial charge in [-0.05, 0) is 88.5 Å². The highest BCUT2D eigenvalue weighted by Gasteiger charge is 2.48. The van der Waals surface area contributed by atoms with Gasteiger partial charge in [-0.1, -0.05) is 97.5 Å². The largest absolute Gasteiger partial charge is 0.472 e. The maximum absolute atomic E-state index is 15.5. The number of likely N-dealkylation sites (N-methyl/N-ethyl adjacent to an activating group) is 3. The fourth-order valence-corrected chi connectivity index (χ4v) is 13.2. The number of phosphoric acid groups is 1. The van der Waals surface area contributed by atoms with Gasteiger partial charge in [0.25, 0.3) is 11.8 Å². The van der Waals surface area contributed by atoms with E-state index in [0.717, 1.165) is 47.5 Å². The predicted octanol–water partition coefficient (Wildman–Crippen LogP) is 2.67. The number of esters is 3. The molecule has 2 saturated heterocycles. The zero-order valence-corrected chi connectivity index (χ0v) is 66.3. The zero-order valence-electron chi connectivity index (χ0n) is 65.4. The van der Waals surface area contributed by atoms with Crippen molar-refractivity contribution in [1.29, 1.82) is 0 Å². The molecule has 0 aliphatic carbocycles. The van der Waals surface area contributed by atoms with Crippen LogP contribution in [0.3, 0.4) is 0 Å². The molecule has 12 amide bonds. The lowest BCUT2D eigenvalue weighted by molar-refractivity contribution is -0.174. The Morgan fingerprint density at radius 3 is 1.94 bits per heavy atom. The second-order valence-electron chi connectivity index (χ2n) is 28.6. The predicted molar refractivity (Wildman–Crippen MR) is 395 cm³/mol. The van der Waals surface area contributed by atoms with Crippen LogP contribution < -0.4 is 37.6 Å². The number of nitrogens with one attached hydrogen (secondary N) is 6. The molecule has 15 atom stereocenters. The van der Waals surface area contributed by atoms with E-state index in [-0.39, 0.29) is 62.9 Å². The van der Waals surface area contributed by atoms with Crippen molar-refractivity contribution in [3.8, 4) is 0 Å². The van der Waals surface area contributed by atoms with Crippen molar-refractivity contribution in [1.82, 2.24) is 46.2 Å². The number of hydrogen-bond acceptors (Lipinski definition) is 23. The van der Waals surface area contributed by atoms with Crippen molar-refractivity contribution in [2.75, 3.05) is 46.7 Å². The van der Waals surface area contributed by atoms with Crippen LogP contribution in [-0.4, -0.2) is 227 Å². The third-order valence-corrected chi connectivity index (χ3v) is 19.7. The molecule has 2 aromatic carbocycles. The lowest BCUT2D eigenvalue weighted by Gasteiger charge is -2.38. The van der Waals surface area contributed by atoms with Gasteiger partial charge in [0.05, 0.1) is 30.8 Å². The molecule has 0 aromatic heterocycles. The number of phosphoric ester groups is 1. The second-order valence-corrected chi connectivity index (χ2v) is 30.1. The quantitative estimate of drug-likeness (QED) is 0.0130. The van der Waals surface area contributed by atoms with Crippen molar-refractivity contribution in [2.45, 2.75) is 208 Å². The number of imide groups is 1. The minimum atomic E-state index is -5.29. The summed E-state index contributed by atoms with van der Waals surface area (Å²) in [6, 6.07) is 3.32. The molecule has 0 spiro atoms. The number of hydrogen-bond donors (Lipinski definition) is 8. The first-order valence-electron chi connectivity index (χ1n) is 36.1. The number of cyclic esters (lactones) is 2. The highest BCUT2D eigenvalue weighted by atomic mass is 31.2. The summed E-state index contributed by atoms with van der Waals surface area (Å²) in [7, 11) is -0.641. The molecule has 2 unspecified atom stereocenters. The molecule has 2 aliphatic heterocycles. The fourth-order valence-electron chi connectivity index (χ4n) is 12.2. The molecule has 2 aromatic rings. The van der Waals surface area contributed by atoms with Crippen LogP contribution in [0.15, 0.2) is 66.9 Å². The van der Waals surface area contributed by atoms with Gasteiger partial charge in [0.15, 0.2) is 24.0 Å². The van der Waals surface area contributed by atoms with Gasteiger partial charge in [-0.3, -0.25) is 71.5 Å². The number of ketones is 2. The molecule has 608 valence electrons. The van der Waals surface area contributed by atoms with E-state index in [1.54, 1.807) is 51.1 Å². The first-order valence-corrected chi connectivity index (χ1v) is 37.6. The molecular formula is C74H108N11O24P. The number of nitrogens with zero attached hydrogens (tertiary/aromatic N) is 4. The SMILES string of the molecule is C=C1C(=O)N[C@@H](C)C(=O)N(C)[C@@H](C)C(=O)N[C@@H]([C@H](OC(=O)[C@@H](CC(C)=O)[C@H](OP(=O)(O)OCc2ccc(NC(=O)[C@H](CCCNC(N)=O)CC(=O)[C@@H](NC(=O)CCN3C(=O)CC(C)C3=O)C(C)C)cc2)C(C)C)C(C)C)C(=O)N(C)[C@@H]([C@@H](C)OC)C(=O)O[C@H](C)[C@H](NC(C)=O)C(=O)O[C@H](Cc2ccccc2)C(=O)N1C. The molecular weight excluding hydrogens is 1460 g/mol. The molecule has 110 heavy (non-hydrogen) atoms. The van der Waals surface area contributed by atoms with Crippen LogP contribution in [0.1, 0.15) is 140 Å². The second kappa shape index (κ2) is 42.4. The summed E-state index contributed by atoms with van der Waals surface area (Å²) >= 11 is 0. The Balaban J connectivity index is 1.67. The molecule has 0 bridgehead atoms. The number of Topliss-reactive ketones (excluding diaryl/α,β-unsaturated/α-hetero) is 2. The smallest absolute Gasteiger partial charge is 0.459 e. The number of primary amides is 1. The van der Waals surface area contributed by atoms with Gasteiger partial charge in [0, 0.05) is 97.9 Å². The van der Waals surface area contributed by atoms with Crippen LogP contribution >= 0.6 is 7.82 Å². The van der Waals surface area contributed by atoms with Crippen LogP contribution in [0.2, 0.25) is 0 Å². The minimum Gasteiger partial charge on any atom is -0.459 e. The van der Waals surface area contributed by atoms with Crippen LogP contribution in [0.5, 0.6) is 0 Å². The average Bonchev–Trinajstić information content (AvgIpc) is 1.02. The van der Waals surface area contributed by atoms with Crippen LogP contribution in [-0.2, 0) is 118 Å². The summed E-state index contributed by atoms with van der Waals surface area (Å²) in [6.07, 6.45) is -9.52. The summed E-state index contributed by atoms with van der Waals surface area (Å²) in [5, 5.41) is 15.2. The Labute approximate surface area is 640 Å². The maximum atomic E-state index is 15.5. The minimum absolute atomic E-state index is 0.0251. The number of anilines is 1. The highest BCUT2D eigenvalue weighted by Crippen LogP contribution is 2.48. The van der Waals surface area contributed by atoms with E-state index >= 15 is 9.59 Å². The number of benzene rings is 2. The lowest BCUT2D eigenvalue weighted by atomic mass is 9.89. The van der Waals surface area contributed by atoms with Crippen LogP contribution in [0, 0.1) is 35.5 Å². The Bertz CT molecular complexity index is 3740. The number of carbonyl (C=O) groups is 16. The number of urea groups is 1. The number of ether oxygens (including phenoxy) is 4. The number of rotatable bonds is 32. The number of likely N-dealkylation sites (tertiary alicyclic amines) is 1. The molecule has 2 aliphatic rings. The molecule has 9 N–H and O–H groups in total. The summed E-state index contributed by atoms with van der Waals surface area (Å²) in [6.45, 7) is 21.1. The first kappa shape index (κ1) is 92.6. The summed E-state index contributed by atoms with van der Waals surface area (Å²) in [4.78, 5) is 235. The number of carbonyl (C=O) groups excluding carboxylic acids is 16. The third kappa shape index (κ3) is 27.0. The zero-order chi connectivity index (χ0) is 83.1. The maximum Gasteiger partial charge on any atom is 0.472 e. The highest BCUT2D eigenvalue weighted by molar-refractivity contribution is 7.47. The van der Waals surface area contributed by atoms with Crippen molar-refractivity contribution in [3.05, 3.63) is 78.0 Å².